The van der Waals surface area contributed by atoms with Gasteiger partial charge in [-0.15, -0.1) is 9.20 Å². The second-order valence-corrected chi connectivity index (χ2v) is 2.75. The molecule has 0 atom stereocenters. The Bertz CT molecular complexity index is 482. The molecule has 62 valence electrons. The second kappa shape index (κ2) is 2.17. The Kier molecular flexibility index (Phi) is 1.27. The van der Waals surface area contributed by atoms with Gasteiger partial charge in [0, 0.05) is 16.9 Å². The first-order valence-electron chi connectivity index (χ1n) is 3.62. The number of aromatic nitrogens is 4. The molecule has 0 fully saturated rings. The van der Waals surface area contributed by atoms with Crippen LogP contribution in [-0.4, -0.2) is 14.9 Å². The van der Waals surface area contributed by atoms with Crippen LogP contribution in [0, 0.1) is 6.92 Å². The molecule has 1 N–H and O–H groups in total. The number of nitrogens with zero attached hydrogens (tertiary/aromatic N) is 3. The predicted octanol–water partition coefficient (Wildman–Crippen LogP) is -0.844. The third-order valence-electron chi connectivity index (χ3n) is 1.74. The van der Waals surface area contributed by atoms with Gasteiger partial charge in [-0.25, -0.2) is 5.10 Å². The van der Waals surface area contributed by atoms with E-state index >= 15 is 0 Å². The first-order chi connectivity index (χ1) is 5.68. The van der Waals surface area contributed by atoms with E-state index in [4.69, 9.17) is 0 Å². The summed E-state index contributed by atoms with van der Waals surface area (Å²) < 4.78 is 3.15. The lowest BCUT2D eigenvalue weighted by atomic mass is 10.4. The average Bonchev–Trinajstić information content (AvgIpc) is 2.31. The Labute approximate surface area is 68.2 Å². The molecule has 2 rings (SSSR count). The van der Waals surface area contributed by atoms with Crippen LogP contribution in [0.5, 0.6) is 0 Å². The molecule has 0 spiro atoms. The zero-order chi connectivity index (χ0) is 8.72. The van der Waals surface area contributed by atoms with Gasteiger partial charge in [-0.3, -0.25) is 4.79 Å². The van der Waals surface area contributed by atoms with Crippen LogP contribution < -0.4 is 9.94 Å². The van der Waals surface area contributed by atoms with Crippen LogP contribution in [0.25, 0.3) is 5.65 Å². The van der Waals surface area contributed by atoms with Gasteiger partial charge in [0.1, 0.15) is 0 Å². The molecule has 12 heavy (non-hydrogen) atoms. The van der Waals surface area contributed by atoms with Crippen molar-refractivity contribution in [3.05, 3.63) is 28.3 Å². The number of hydrogen-bond donors (Lipinski definition) is 1. The molecule has 0 aliphatic carbocycles. The van der Waals surface area contributed by atoms with Crippen LogP contribution in [0.4, 0.5) is 0 Å². The molecule has 0 saturated carbocycles. The normalized spacial score (nSPS) is 10.8. The molecule has 0 amide bonds. The molecule has 0 aromatic carbocycles. The fourth-order valence-electron chi connectivity index (χ4n) is 1.24. The van der Waals surface area contributed by atoms with Crippen LogP contribution in [0.15, 0.2) is 17.2 Å². The van der Waals surface area contributed by atoms with E-state index in [0.717, 1.165) is 5.69 Å². The fourth-order valence-corrected chi connectivity index (χ4v) is 1.24. The van der Waals surface area contributed by atoms with Gasteiger partial charge >= 0.3 is 5.65 Å². The molecule has 0 aliphatic heterocycles. The maximum absolute atomic E-state index is 11.4. The molecule has 0 radical (unpaired) electrons. The summed E-state index contributed by atoms with van der Waals surface area (Å²) >= 11 is 0. The number of fused-ring (bicyclic) bond motifs is 1. The van der Waals surface area contributed by atoms with Crippen molar-refractivity contribution in [3.8, 4) is 0 Å². The van der Waals surface area contributed by atoms with Crippen molar-refractivity contribution in [1.82, 2.24) is 14.9 Å². The molecule has 5 nitrogen and oxygen atoms in total. The Morgan fingerprint density at radius 1 is 1.67 bits per heavy atom. The van der Waals surface area contributed by atoms with Crippen LogP contribution in [0.1, 0.15) is 5.69 Å². The van der Waals surface area contributed by atoms with E-state index in [0.29, 0.717) is 5.65 Å². The number of rotatable bonds is 0. The molecule has 2 heterocycles. The number of H-pyrrole nitrogens is 1. The molecular weight excluding hydrogens is 156 g/mol. The maximum Gasteiger partial charge on any atom is 0.330 e. The standard InChI is InChI=1S/C7H8N4O/c1-5-3-6(12)7-10(2)8-4-11(7)9-5/h3-4H,1-2H3/p+1. The summed E-state index contributed by atoms with van der Waals surface area (Å²) in [5, 5.41) is 6.93. The van der Waals surface area contributed by atoms with Gasteiger partial charge in [0.2, 0.25) is 0 Å². The largest absolute Gasteiger partial charge is 0.330 e. The van der Waals surface area contributed by atoms with Gasteiger partial charge in [-0.1, -0.05) is 0 Å². The van der Waals surface area contributed by atoms with Crippen LogP contribution in [0.3, 0.4) is 0 Å². The number of nitrogens with one attached hydrogen (secondary N) is 1. The van der Waals surface area contributed by atoms with Crippen LogP contribution in [-0.2, 0) is 7.05 Å². The van der Waals surface area contributed by atoms with Gasteiger partial charge in [-0.2, -0.15) is 0 Å². The third-order valence-corrected chi connectivity index (χ3v) is 1.74. The highest BCUT2D eigenvalue weighted by atomic mass is 16.1. The lowest BCUT2D eigenvalue weighted by Crippen LogP contribution is -2.31. The zero-order valence-corrected chi connectivity index (χ0v) is 6.90. The molecular formula is C7H9N4O+. The Balaban J connectivity index is 3.03. The van der Waals surface area contributed by atoms with Crippen molar-refractivity contribution >= 4 is 5.65 Å². The Morgan fingerprint density at radius 3 is 3.17 bits per heavy atom. The van der Waals surface area contributed by atoms with E-state index in [-0.39, 0.29) is 5.43 Å². The third kappa shape index (κ3) is 0.827. The highest BCUT2D eigenvalue weighted by Crippen LogP contribution is 1.85. The number of hydrogen-bond acceptors (Lipinski definition) is 2. The van der Waals surface area contributed by atoms with E-state index in [1.165, 1.54) is 4.68 Å². The van der Waals surface area contributed by atoms with Crippen LogP contribution in [0.2, 0.25) is 0 Å². The topological polar surface area (TPSA) is 54.8 Å². The van der Waals surface area contributed by atoms with Crippen LogP contribution >= 0.6 is 0 Å². The quantitative estimate of drug-likeness (QED) is 0.517. The van der Waals surface area contributed by atoms with E-state index in [9.17, 15) is 4.79 Å². The summed E-state index contributed by atoms with van der Waals surface area (Å²) in [6.45, 7) is 1.83. The van der Waals surface area contributed by atoms with Crippen molar-refractivity contribution in [2.45, 2.75) is 6.92 Å². The molecule has 0 saturated heterocycles. The molecule has 0 unspecified atom stereocenters. The van der Waals surface area contributed by atoms with E-state index < -0.39 is 0 Å². The van der Waals surface area contributed by atoms with Crippen molar-refractivity contribution in [2.24, 2.45) is 7.05 Å². The summed E-state index contributed by atoms with van der Waals surface area (Å²) in [5.41, 5.74) is 1.34. The van der Waals surface area contributed by atoms with Crippen molar-refractivity contribution in [2.75, 3.05) is 0 Å². The summed E-state index contributed by atoms with van der Waals surface area (Å²) in [6.07, 6.45) is 1.57. The second-order valence-electron chi connectivity index (χ2n) is 2.75. The lowest BCUT2D eigenvalue weighted by Gasteiger charge is -1.89. The molecule has 0 bridgehead atoms. The minimum atomic E-state index is -0.0220. The van der Waals surface area contributed by atoms with E-state index in [2.05, 4.69) is 10.2 Å². The predicted molar refractivity (Wildman–Crippen MR) is 41.7 cm³/mol. The molecule has 5 heteroatoms. The van der Waals surface area contributed by atoms with Crippen molar-refractivity contribution < 1.29 is 4.52 Å². The van der Waals surface area contributed by atoms with Gasteiger partial charge in [0.15, 0.2) is 0 Å². The number of aryl methyl sites for hydroxylation is 2. The molecule has 0 aliphatic rings. The summed E-state index contributed by atoms with van der Waals surface area (Å²) in [6, 6.07) is 1.55. The summed E-state index contributed by atoms with van der Waals surface area (Å²) in [5.74, 6) is 0. The van der Waals surface area contributed by atoms with E-state index in [1.54, 1.807) is 24.0 Å². The Hall–Kier alpha value is -1.65. The number of aromatic amines is 1. The van der Waals surface area contributed by atoms with Crippen molar-refractivity contribution in [3.63, 3.8) is 0 Å². The van der Waals surface area contributed by atoms with Gasteiger partial charge in [-0.05, 0) is 6.92 Å². The SMILES string of the molecule is Cc1cc(=O)c2n(C)nc[n+]2[nH]1. The van der Waals surface area contributed by atoms with E-state index in [1.807, 2.05) is 6.92 Å². The van der Waals surface area contributed by atoms with Crippen molar-refractivity contribution in [1.29, 1.82) is 0 Å². The maximum atomic E-state index is 11.4. The fraction of sp³-hybridized carbons (Fsp3) is 0.286. The minimum Gasteiger partial charge on any atom is -0.282 e. The zero-order valence-electron chi connectivity index (χ0n) is 6.90. The lowest BCUT2D eigenvalue weighted by molar-refractivity contribution is -0.582. The molecule has 2 aromatic rings. The van der Waals surface area contributed by atoms with Gasteiger partial charge < -0.3 is 0 Å². The highest BCUT2D eigenvalue weighted by molar-refractivity contribution is 5.27. The molecule has 2 aromatic heterocycles. The smallest absolute Gasteiger partial charge is 0.282 e. The first kappa shape index (κ1) is 7.02. The minimum absolute atomic E-state index is 0.0220. The highest BCUT2D eigenvalue weighted by Gasteiger charge is 2.11. The average molecular weight is 165 g/mol. The Morgan fingerprint density at radius 2 is 2.42 bits per heavy atom. The van der Waals surface area contributed by atoms with Gasteiger partial charge in [0.25, 0.3) is 11.8 Å². The monoisotopic (exact) mass is 165 g/mol. The first-order valence-corrected chi connectivity index (χ1v) is 3.62. The summed E-state index contributed by atoms with van der Waals surface area (Å²) in [7, 11) is 1.74. The van der Waals surface area contributed by atoms with Gasteiger partial charge in [0.05, 0.1) is 7.05 Å². The summed E-state index contributed by atoms with van der Waals surface area (Å²) in [4.78, 5) is 11.4.